The number of carbonyl (C=O) groups is 1. The van der Waals surface area contributed by atoms with Crippen molar-refractivity contribution in [3.8, 4) is 0 Å². The van der Waals surface area contributed by atoms with Gasteiger partial charge >= 0.3 is 89.1 Å². The molecular formula is CCaIKO3. The van der Waals surface area contributed by atoms with Crippen molar-refractivity contribution in [3.05, 3.63) is 0 Å². The quantitative estimate of drug-likeness (QED) is 0.323. The zero-order chi connectivity index (χ0) is 3.58. The van der Waals surface area contributed by atoms with Crippen LogP contribution in [0, 0.1) is 0 Å². The minimum atomic E-state index is -2.33. The summed E-state index contributed by atoms with van der Waals surface area (Å²) in [6, 6.07) is 0. The molecule has 0 aliphatic carbocycles. The summed E-state index contributed by atoms with van der Waals surface area (Å²) in [5.41, 5.74) is 0. The predicted molar refractivity (Wildman–Crippen MR) is 11.1 cm³/mol. The van der Waals surface area contributed by atoms with Gasteiger partial charge < -0.3 is 39.0 Å². The number of hydrogen-bond acceptors (Lipinski definition) is 3. The Hall–Kier alpha value is 2.90. The van der Waals surface area contributed by atoms with E-state index in [4.69, 9.17) is 15.0 Å². The van der Waals surface area contributed by atoms with E-state index in [1.807, 2.05) is 0 Å². The molecule has 0 atom stereocenters. The average molecular weight is 266 g/mol. The standard InChI is InChI=1S/CH2O3.Ca.HI.K/c2-1(3)4;;;/h(H2,2,3,4);;1H;/q;+2;;+1/p-3. The van der Waals surface area contributed by atoms with Gasteiger partial charge in [-0.2, -0.15) is 0 Å². The fourth-order valence-corrected chi connectivity index (χ4v) is 0. The largest absolute Gasteiger partial charge is 2.00 e. The molecule has 0 saturated heterocycles. The summed E-state index contributed by atoms with van der Waals surface area (Å²) in [6.45, 7) is 0. The summed E-state index contributed by atoms with van der Waals surface area (Å²) in [5, 5.41) is 16.7. The van der Waals surface area contributed by atoms with Crippen LogP contribution < -0.4 is 85.6 Å². The van der Waals surface area contributed by atoms with Gasteiger partial charge in [0.25, 0.3) is 0 Å². The van der Waals surface area contributed by atoms with E-state index in [2.05, 4.69) is 0 Å². The molecule has 0 unspecified atom stereocenters. The first kappa shape index (κ1) is 22.5. The van der Waals surface area contributed by atoms with Crippen LogP contribution in [0.25, 0.3) is 0 Å². The molecule has 0 heterocycles. The number of halogens is 1. The summed E-state index contributed by atoms with van der Waals surface area (Å²) in [6.07, 6.45) is -2.33. The van der Waals surface area contributed by atoms with E-state index in [0.29, 0.717) is 0 Å². The molecule has 32 valence electrons. The van der Waals surface area contributed by atoms with Crippen LogP contribution in [0.4, 0.5) is 4.79 Å². The summed E-state index contributed by atoms with van der Waals surface area (Å²) in [4.78, 5) is 8.33. The first-order valence-corrected chi connectivity index (χ1v) is 0.612. The van der Waals surface area contributed by atoms with Gasteiger partial charge in [-0.15, -0.1) is 0 Å². The summed E-state index contributed by atoms with van der Waals surface area (Å²) in [5.74, 6) is 0. The van der Waals surface area contributed by atoms with E-state index in [-0.39, 0.29) is 113 Å². The van der Waals surface area contributed by atoms with Crippen LogP contribution in [-0.2, 0) is 0 Å². The van der Waals surface area contributed by atoms with Crippen molar-refractivity contribution in [3.63, 3.8) is 0 Å². The molecule has 7 heavy (non-hydrogen) atoms. The Bertz CT molecular complexity index is 37.9. The molecule has 0 aliphatic heterocycles. The van der Waals surface area contributed by atoms with Crippen molar-refractivity contribution in [2.75, 3.05) is 0 Å². The van der Waals surface area contributed by atoms with Gasteiger partial charge in [-0.3, -0.25) is 0 Å². The van der Waals surface area contributed by atoms with Crippen molar-refractivity contribution in [1.29, 1.82) is 0 Å². The molecule has 0 amide bonds. The molecule has 0 aliphatic rings. The van der Waals surface area contributed by atoms with E-state index < -0.39 is 6.16 Å². The van der Waals surface area contributed by atoms with Crippen molar-refractivity contribution in [2.24, 2.45) is 0 Å². The molecule has 3 nitrogen and oxygen atoms in total. The Balaban J connectivity index is -0.0000000150. The third kappa shape index (κ3) is 50.4. The third-order valence-electron chi connectivity index (χ3n) is 0. The number of rotatable bonds is 0. The molecule has 0 radical (unpaired) electrons. The molecule has 0 spiro atoms. The minimum Gasteiger partial charge on any atom is -1.00 e. The number of carbonyl (C=O) groups excluding carboxylic acids is 1. The monoisotopic (exact) mass is 266 g/mol. The first-order chi connectivity index (χ1) is 1.73. The van der Waals surface area contributed by atoms with E-state index in [0.717, 1.165) is 0 Å². The molecule has 0 aromatic carbocycles. The topological polar surface area (TPSA) is 63.2 Å². The minimum absolute atomic E-state index is 0. The molecule has 0 saturated carbocycles. The maximum Gasteiger partial charge on any atom is 2.00 e. The van der Waals surface area contributed by atoms with Crippen LogP contribution in [0.2, 0.25) is 0 Å². The van der Waals surface area contributed by atoms with Crippen LogP contribution in [-0.4, -0.2) is 43.9 Å². The summed E-state index contributed by atoms with van der Waals surface area (Å²) in [7, 11) is 0. The van der Waals surface area contributed by atoms with E-state index in [9.17, 15) is 0 Å². The summed E-state index contributed by atoms with van der Waals surface area (Å²) >= 11 is 0. The SMILES string of the molecule is O=C([O-])[O-].[Ca+2].[I-].[K+]. The van der Waals surface area contributed by atoms with E-state index in [1.165, 1.54) is 0 Å². The smallest absolute Gasteiger partial charge is 1.00 e. The molecule has 0 N–H and O–H groups in total. The number of carboxylic acid groups (broad SMARTS) is 2. The summed E-state index contributed by atoms with van der Waals surface area (Å²) < 4.78 is 0. The van der Waals surface area contributed by atoms with Gasteiger partial charge in [0.05, 0.1) is 0 Å². The van der Waals surface area contributed by atoms with Crippen LogP contribution >= 0.6 is 0 Å². The normalized spacial score (nSPS) is 3.43. The average Bonchev–Trinajstić information content (AvgIpc) is 0.811. The van der Waals surface area contributed by atoms with Gasteiger partial charge in [-0.05, 0) is 6.16 Å². The van der Waals surface area contributed by atoms with Gasteiger partial charge in [0, 0.05) is 0 Å². The van der Waals surface area contributed by atoms with Crippen molar-refractivity contribution in [1.82, 2.24) is 0 Å². The molecular weight excluding hydrogens is 266 g/mol. The molecule has 6 heteroatoms. The van der Waals surface area contributed by atoms with Gasteiger partial charge in [0.1, 0.15) is 0 Å². The fraction of sp³-hybridized carbons (Fsp3) is 0. The predicted octanol–water partition coefficient (Wildman–Crippen LogP) is -8.82. The van der Waals surface area contributed by atoms with Crippen molar-refractivity contribution in [2.45, 2.75) is 0 Å². The van der Waals surface area contributed by atoms with Gasteiger partial charge in [0.2, 0.25) is 0 Å². The molecule has 0 bridgehead atoms. The zero-order valence-electron chi connectivity index (χ0n) is 3.81. The van der Waals surface area contributed by atoms with E-state index >= 15 is 0 Å². The Morgan fingerprint density at radius 2 is 1.29 bits per heavy atom. The maximum atomic E-state index is 8.33. The Kier molecular flexibility index (Phi) is 51.3. The van der Waals surface area contributed by atoms with Crippen LogP contribution in [0.15, 0.2) is 0 Å². The van der Waals surface area contributed by atoms with Crippen molar-refractivity contribution >= 4 is 43.9 Å². The first-order valence-electron chi connectivity index (χ1n) is 0.612. The molecule has 0 fully saturated rings. The van der Waals surface area contributed by atoms with E-state index in [1.54, 1.807) is 0 Å². The molecule has 0 aromatic heterocycles. The Morgan fingerprint density at radius 1 is 1.29 bits per heavy atom. The second-order valence-electron chi connectivity index (χ2n) is 0.250. The maximum absolute atomic E-state index is 8.33. The zero-order valence-corrected chi connectivity index (χ0v) is 11.3. The van der Waals surface area contributed by atoms with Gasteiger partial charge in [0.15, 0.2) is 0 Å². The second kappa shape index (κ2) is 16.0. The Morgan fingerprint density at radius 3 is 1.29 bits per heavy atom. The van der Waals surface area contributed by atoms with Crippen LogP contribution in [0.1, 0.15) is 0 Å². The molecule has 0 aromatic rings. The molecule has 0 rings (SSSR count). The van der Waals surface area contributed by atoms with Crippen molar-refractivity contribution < 1.29 is 90.4 Å². The van der Waals surface area contributed by atoms with Gasteiger partial charge in [-0.1, -0.05) is 0 Å². The third-order valence-corrected chi connectivity index (χ3v) is 0. The van der Waals surface area contributed by atoms with Crippen LogP contribution in [0.3, 0.4) is 0 Å². The van der Waals surface area contributed by atoms with Gasteiger partial charge in [-0.25, -0.2) is 0 Å². The van der Waals surface area contributed by atoms with Crippen LogP contribution in [0.5, 0.6) is 0 Å². The number of hydrogen-bond donors (Lipinski definition) is 0. The second-order valence-corrected chi connectivity index (χ2v) is 0.250. The Labute approximate surface area is 131 Å². The fourth-order valence-electron chi connectivity index (χ4n) is 0.